The average molecular weight is 215 g/mol. The van der Waals surface area contributed by atoms with Crippen LogP contribution in [0.5, 0.6) is 0 Å². The van der Waals surface area contributed by atoms with E-state index in [1.165, 1.54) is 5.56 Å². The Labute approximate surface area is 96.4 Å². The Hall–Kier alpha value is -1.73. The number of benzene rings is 1. The molecule has 84 valence electrons. The molecule has 0 aliphatic rings. The summed E-state index contributed by atoms with van der Waals surface area (Å²) in [6, 6.07) is 8.38. The summed E-state index contributed by atoms with van der Waals surface area (Å²) in [7, 11) is 0. The third-order valence-electron chi connectivity index (χ3n) is 2.31. The van der Waals surface area contributed by atoms with Gasteiger partial charge in [0.15, 0.2) is 0 Å². The van der Waals surface area contributed by atoms with Gasteiger partial charge in [0, 0.05) is 11.5 Å². The van der Waals surface area contributed by atoms with Crippen LogP contribution >= 0.6 is 0 Å². The van der Waals surface area contributed by atoms with Crippen molar-refractivity contribution in [3.63, 3.8) is 0 Å². The SMILES string of the molecule is CC(C)(C)c1cccc(C=CCN=[N+]=[N-])c1. The highest BCUT2D eigenvalue weighted by atomic mass is 15.1. The van der Waals surface area contributed by atoms with Gasteiger partial charge < -0.3 is 0 Å². The van der Waals surface area contributed by atoms with Gasteiger partial charge in [0.25, 0.3) is 0 Å². The van der Waals surface area contributed by atoms with Gasteiger partial charge in [-0.2, -0.15) is 0 Å². The number of hydrogen-bond donors (Lipinski definition) is 0. The molecule has 0 N–H and O–H groups in total. The smallest absolute Gasteiger partial charge is 0.0443 e. The topological polar surface area (TPSA) is 48.8 Å². The lowest BCUT2D eigenvalue weighted by Crippen LogP contribution is -2.10. The Morgan fingerprint density at radius 3 is 2.75 bits per heavy atom. The first-order chi connectivity index (χ1) is 7.54. The average Bonchev–Trinajstić information content (AvgIpc) is 2.24. The molecule has 1 aromatic carbocycles. The van der Waals surface area contributed by atoms with Crippen LogP contribution < -0.4 is 0 Å². The molecule has 1 aromatic rings. The van der Waals surface area contributed by atoms with Crippen molar-refractivity contribution in [2.75, 3.05) is 6.54 Å². The van der Waals surface area contributed by atoms with Crippen LogP contribution in [0.25, 0.3) is 16.5 Å². The van der Waals surface area contributed by atoms with Crippen LogP contribution in [0.15, 0.2) is 35.5 Å². The van der Waals surface area contributed by atoms with Crippen molar-refractivity contribution in [3.05, 3.63) is 51.9 Å². The van der Waals surface area contributed by atoms with Crippen molar-refractivity contribution in [2.45, 2.75) is 26.2 Å². The molecule has 0 saturated carbocycles. The van der Waals surface area contributed by atoms with Gasteiger partial charge in [0.2, 0.25) is 0 Å². The third-order valence-corrected chi connectivity index (χ3v) is 2.31. The molecule has 3 nitrogen and oxygen atoms in total. The molecule has 3 heteroatoms. The summed E-state index contributed by atoms with van der Waals surface area (Å²) in [5.74, 6) is 0. The Morgan fingerprint density at radius 1 is 1.38 bits per heavy atom. The van der Waals surface area contributed by atoms with Gasteiger partial charge in [-0.3, -0.25) is 0 Å². The normalized spacial score (nSPS) is 11.4. The Morgan fingerprint density at radius 2 is 2.12 bits per heavy atom. The Balaban J connectivity index is 2.83. The summed E-state index contributed by atoms with van der Waals surface area (Å²) in [5, 5.41) is 3.45. The number of rotatable bonds is 3. The van der Waals surface area contributed by atoms with Crippen molar-refractivity contribution < 1.29 is 0 Å². The molecule has 0 radical (unpaired) electrons. The highest BCUT2D eigenvalue weighted by Crippen LogP contribution is 2.23. The van der Waals surface area contributed by atoms with Gasteiger partial charge in [-0.05, 0) is 22.1 Å². The standard InChI is InChI=1S/C13H17N3/c1-13(2,3)12-8-4-6-11(10-12)7-5-9-15-16-14/h4-8,10H,9H2,1-3H3. The first kappa shape index (κ1) is 12.3. The largest absolute Gasteiger partial charge is 0.0899 e. The van der Waals surface area contributed by atoms with E-state index in [0.29, 0.717) is 6.54 Å². The summed E-state index contributed by atoms with van der Waals surface area (Å²) in [6.45, 7) is 6.97. The lowest BCUT2D eigenvalue weighted by Gasteiger charge is -2.19. The van der Waals surface area contributed by atoms with Crippen LogP contribution in [0.1, 0.15) is 31.9 Å². The first-order valence-electron chi connectivity index (χ1n) is 5.32. The number of hydrogen-bond acceptors (Lipinski definition) is 1. The predicted molar refractivity (Wildman–Crippen MR) is 68.2 cm³/mol. The van der Waals surface area contributed by atoms with Gasteiger partial charge in [0.1, 0.15) is 0 Å². The highest BCUT2D eigenvalue weighted by molar-refractivity contribution is 5.51. The maximum absolute atomic E-state index is 8.14. The fraction of sp³-hybridized carbons (Fsp3) is 0.385. The lowest BCUT2D eigenvalue weighted by molar-refractivity contribution is 0.590. The molecule has 0 unspecified atom stereocenters. The van der Waals surface area contributed by atoms with E-state index < -0.39 is 0 Å². The molecule has 0 aliphatic heterocycles. The van der Waals surface area contributed by atoms with Crippen molar-refractivity contribution in [3.8, 4) is 0 Å². The van der Waals surface area contributed by atoms with Crippen molar-refractivity contribution in [2.24, 2.45) is 5.11 Å². The van der Waals surface area contributed by atoms with Crippen LogP contribution in [0.2, 0.25) is 0 Å². The lowest BCUT2D eigenvalue weighted by atomic mass is 9.86. The molecule has 0 fully saturated rings. The Bertz CT molecular complexity index is 421. The van der Waals surface area contributed by atoms with E-state index in [1.807, 2.05) is 24.3 Å². The maximum atomic E-state index is 8.14. The summed E-state index contributed by atoms with van der Waals surface area (Å²) in [5.41, 5.74) is 10.7. The molecule has 16 heavy (non-hydrogen) atoms. The summed E-state index contributed by atoms with van der Waals surface area (Å²) >= 11 is 0. The summed E-state index contributed by atoms with van der Waals surface area (Å²) < 4.78 is 0. The Kier molecular flexibility index (Phi) is 4.15. The second kappa shape index (κ2) is 5.38. The van der Waals surface area contributed by atoms with Gasteiger partial charge in [-0.25, -0.2) is 0 Å². The minimum atomic E-state index is 0.161. The van der Waals surface area contributed by atoms with E-state index in [0.717, 1.165) is 5.56 Å². The van der Waals surface area contributed by atoms with E-state index in [9.17, 15) is 0 Å². The monoisotopic (exact) mass is 215 g/mol. The van der Waals surface area contributed by atoms with Crippen molar-refractivity contribution in [1.82, 2.24) is 0 Å². The zero-order chi connectivity index (χ0) is 12.0. The molecular weight excluding hydrogens is 198 g/mol. The minimum Gasteiger partial charge on any atom is -0.0899 e. The number of nitrogens with zero attached hydrogens (tertiary/aromatic N) is 3. The van der Waals surface area contributed by atoms with Crippen LogP contribution in [-0.4, -0.2) is 6.54 Å². The van der Waals surface area contributed by atoms with E-state index in [-0.39, 0.29) is 5.41 Å². The first-order valence-corrected chi connectivity index (χ1v) is 5.32. The van der Waals surface area contributed by atoms with Gasteiger partial charge >= 0.3 is 0 Å². The molecule has 0 amide bonds. The molecule has 0 bridgehead atoms. The molecule has 0 spiro atoms. The highest BCUT2D eigenvalue weighted by Gasteiger charge is 2.12. The molecule has 0 atom stereocenters. The van der Waals surface area contributed by atoms with Crippen LogP contribution in [0, 0.1) is 0 Å². The molecule has 0 saturated heterocycles. The van der Waals surface area contributed by atoms with Crippen molar-refractivity contribution in [1.29, 1.82) is 0 Å². The number of azide groups is 1. The quantitative estimate of drug-likeness (QED) is 0.410. The predicted octanol–water partition coefficient (Wildman–Crippen LogP) is 4.31. The summed E-state index contributed by atoms with van der Waals surface area (Å²) in [4.78, 5) is 2.70. The summed E-state index contributed by atoms with van der Waals surface area (Å²) in [6.07, 6.45) is 3.84. The van der Waals surface area contributed by atoms with E-state index >= 15 is 0 Å². The van der Waals surface area contributed by atoms with Gasteiger partial charge in [-0.1, -0.05) is 62.3 Å². The molecule has 0 aliphatic carbocycles. The van der Waals surface area contributed by atoms with Gasteiger partial charge in [0.05, 0.1) is 0 Å². The fourth-order valence-electron chi connectivity index (χ4n) is 1.38. The molecular formula is C13H17N3. The zero-order valence-electron chi connectivity index (χ0n) is 10.0. The second-order valence-electron chi connectivity index (χ2n) is 4.69. The van der Waals surface area contributed by atoms with E-state index in [2.05, 4.69) is 42.9 Å². The second-order valence-corrected chi connectivity index (χ2v) is 4.69. The van der Waals surface area contributed by atoms with Crippen LogP contribution in [-0.2, 0) is 5.41 Å². The van der Waals surface area contributed by atoms with E-state index in [1.54, 1.807) is 0 Å². The minimum absolute atomic E-state index is 0.161. The molecule has 0 heterocycles. The fourth-order valence-corrected chi connectivity index (χ4v) is 1.38. The molecule has 0 aromatic heterocycles. The van der Waals surface area contributed by atoms with E-state index in [4.69, 9.17) is 5.53 Å². The maximum Gasteiger partial charge on any atom is 0.0443 e. The van der Waals surface area contributed by atoms with Crippen LogP contribution in [0.4, 0.5) is 0 Å². The third kappa shape index (κ3) is 3.79. The van der Waals surface area contributed by atoms with Crippen molar-refractivity contribution >= 4 is 6.08 Å². The molecule has 1 rings (SSSR count). The zero-order valence-corrected chi connectivity index (χ0v) is 10.0. The van der Waals surface area contributed by atoms with Gasteiger partial charge in [-0.15, -0.1) is 0 Å². The van der Waals surface area contributed by atoms with Crippen LogP contribution in [0.3, 0.4) is 0 Å².